The molecule has 0 unspecified atom stereocenters. The first-order valence-electron chi connectivity index (χ1n) is 6.77. The predicted octanol–water partition coefficient (Wildman–Crippen LogP) is 2.34. The maximum absolute atomic E-state index is 11.7. The van der Waals surface area contributed by atoms with Gasteiger partial charge in [0.1, 0.15) is 0 Å². The minimum absolute atomic E-state index is 0.0236. The number of unbranched alkanes of at least 4 members (excludes halogenated alkanes) is 1. The molecule has 0 saturated heterocycles. The van der Waals surface area contributed by atoms with Crippen LogP contribution < -0.4 is 5.32 Å². The lowest BCUT2D eigenvalue weighted by Crippen LogP contribution is -2.31. The van der Waals surface area contributed by atoms with E-state index >= 15 is 0 Å². The average molecular weight is 295 g/mol. The Morgan fingerprint density at radius 1 is 1.55 bits per heavy atom. The fourth-order valence-electron chi connectivity index (χ4n) is 1.58. The number of rotatable bonds is 8. The van der Waals surface area contributed by atoms with Crippen molar-refractivity contribution in [2.75, 3.05) is 6.54 Å². The Kier molecular flexibility index (Phi) is 7.16. The first kappa shape index (κ1) is 16.6. The summed E-state index contributed by atoms with van der Waals surface area (Å²) in [4.78, 5) is 16.1. The van der Waals surface area contributed by atoms with Gasteiger partial charge in [-0.05, 0) is 20.3 Å². The van der Waals surface area contributed by atoms with Crippen LogP contribution in [0.1, 0.15) is 50.6 Å². The number of hydrogen-bond donors (Lipinski definition) is 1. The summed E-state index contributed by atoms with van der Waals surface area (Å²) in [6.45, 7) is 6.16. The third kappa shape index (κ3) is 5.25. The van der Waals surface area contributed by atoms with Crippen LogP contribution in [0.2, 0.25) is 0 Å². The number of terminal acetylenes is 1. The third-order valence-corrected chi connectivity index (χ3v) is 3.96. The normalized spacial score (nSPS) is 13.5. The van der Waals surface area contributed by atoms with Gasteiger partial charge in [0.25, 0.3) is 0 Å². The van der Waals surface area contributed by atoms with E-state index < -0.39 is 0 Å². The fraction of sp³-hybridized carbons (Fsp3) is 0.643. The molecule has 110 valence electrons. The van der Waals surface area contributed by atoms with Gasteiger partial charge in [-0.1, -0.05) is 24.4 Å². The van der Waals surface area contributed by atoms with E-state index in [9.17, 15) is 4.79 Å². The van der Waals surface area contributed by atoms with E-state index in [-0.39, 0.29) is 23.0 Å². The quantitative estimate of drug-likeness (QED) is 0.746. The standard InChI is InChI=1S/C14H21N3O2S/c1-5-7-8-12-16-14(19-17-12)11(4)20-10(3)13(18)15-9-6-2/h2,10-11H,5,7-9H2,1,3-4H3,(H,15,18)/t10-,11+/m0/s1. The molecule has 1 rings (SSSR count). The van der Waals surface area contributed by atoms with Crippen molar-refractivity contribution in [3.63, 3.8) is 0 Å². The van der Waals surface area contributed by atoms with Gasteiger partial charge in [-0.2, -0.15) is 4.98 Å². The molecule has 0 aliphatic heterocycles. The maximum Gasteiger partial charge on any atom is 0.239 e. The van der Waals surface area contributed by atoms with Gasteiger partial charge in [0.15, 0.2) is 5.82 Å². The van der Waals surface area contributed by atoms with Gasteiger partial charge in [0, 0.05) is 6.42 Å². The Labute approximate surface area is 124 Å². The Morgan fingerprint density at radius 3 is 2.95 bits per heavy atom. The summed E-state index contributed by atoms with van der Waals surface area (Å²) >= 11 is 1.47. The van der Waals surface area contributed by atoms with Crippen molar-refractivity contribution in [2.45, 2.75) is 50.5 Å². The largest absolute Gasteiger partial charge is 0.344 e. The second-order valence-electron chi connectivity index (χ2n) is 4.49. The molecular formula is C14H21N3O2S. The molecule has 1 amide bonds. The van der Waals surface area contributed by atoms with Crippen molar-refractivity contribution in [1.82, 2.24) is 15.5 Å². The van der Waals surface area contributed by atoms with Gasteiger partial charge < -0.3 is 9.84 Å². The Bertz CT molecular complexity index is 467. The highest BCUT2D eigenvalue weighted by molar-refractivity contribution is 8.00. The number of nitrogens with one attached hydrogen (secondary N) is 1. The summed E-state index contributed by atoms with van der Waals surface area (Å²) in [6.07, 6.45) is 8.08. The van der Waals surface area contributed by atoms with Crippen LogP contribution in [0.25, 0.3) is 0 Å². The molecule has 0 aromatic carbocycles. The van der Waals surface area contributed by atoms with Crippen LogP contribution in [0, 0.1) is 12.3 Å². The number of hydrogen-bond acceptors (Lipinski definition) is 5. The molecule has 5 nitrogen and oxygen atoms in total. The van der Waals surface area contributed by atoms with E-state index in [2.05, 4.69) is 28.3 Å². The minimum Gasteiger partial charge on any atom is -0.344 e. The lowest BCUT2D eigenvalue weighted by Gasteiger charge is -2.13. The van der Waals surface area contributed by atoms with Crippen LogP contribution in [-0.2, 0) is 11.2 Å². The molecule has 20 heavy (non-hydrogen) atoms. The highest BCUT2D eigenvalue weighted by Gasteiger charge is 2.21. The first-order valence-corrected chi connectivity index (χ1v) is 7.71. The molecule has 1 heterocycles. The number of aryl methyl sites for hydroxylation is 1. The average Bonchev–Trinajstić information content (AvgIpc) is 2.91. The second kappa shape index (κ2) is 8.64. The summed E-state index contributed by atoms with van der Waals surface area (Å²) in [5.41, 5.74) is 0. The molecule has 0 aliphatic carbocycles. The SMILES string of the molecule is C#CCNC(=O)[C@H](C)S[C@H](C)c1nc(CCCC)no1. The summed E-state index contributed by atoms with van der Waals surface area (Å²) in [5, 5.41) is 6.37. The number of amides is 1. The van der Waals surface area contributed by atoms with E-state index in [1.165, 1.54) is 11.8 Å². The van der Waals surface area contributed by atoms with Gasteiger partial charge in [0.05, 0.1) is 17.0 Å². The van der Waals surface area contributed by atoms with Crippen molar-refractivity contribution in [3.8, 4) is 12.3 Å². The number of nitrogens with zero attached hydrogens (tertiary/aromatic N) is 2. The summed E-state index contributed by atoms with van der Waals surface area (Å²) in [5.74, 6) is 3.60. The van der Waals surface area contributed by atoms with E-state index in [0.717, 1.165) is 25.1 Å². The molecule has 0 spiro atoms. The monoisotopic (exact) mass is 295 g/mol. The lowest BCUT2D eigenvalue weighted by molar-refractivity contribution is -0.120. The van der Waals surface area contributed by atoms with Crippen LogP contribution >= 0.6 is 11.8 Å². The topological polar surface area (TPSA) is 68.0 Å². The van der Waals surface area contributed by atoms with Crippen molar-refractivity contribution in [2.24, 2.45) is 0 Å². The van der Waals surface area contributed by atoms with Crippen LogP contribution in [0.4, 0.5) is 0 Å². The Morgan fingerprint density at radius 2 is 2.30 bits per heavy atom. The zero-order chi connectivity index (χ0) is 15.0. The summed E-state index contributed by atoms with van der Waals surface area (Å²) in [7, 11) is 0. The number of carbonyl (C=O) groups is 1. The van der Waals surface area contributed by atoms with Crippen molar-refractivity contribution >= 4 is 17.7 Å². The van der Waals surface area contributed by atoms with Gasteiger partial charge in [-0.3, -0.25) is 4.79 Å². The van der Waals surface area contributed by atoms with Crippen LogP contribution in [-0.4, -0.2) is 27.8 Å². The number of aromatic nitrogens is 2. The number of thioether (sulfide) groups is 1. The number of carbonyl (C=O) groups excluding carboxylic acids is 1. The highest BCUT2D eigenvalue weighted by Crippen LogP contribution is 2.30. The minimum atomic E-state index is -0.218. The lowest BCUT2D eigenvalue weighted by atomic mass is 10.2. The molecule has 0 fully saturated rings. The molecule has 1 aromatic heterocycles. The molecule has 0 radical (unpaired) electrons. The maximum atomic E-state index is 11.7. The molecule has 1 aromatic rings. The van der Waals surface area contributed by atoms with Crippen LogP contribution in [0.5, 0.6) is 0 Å². The summed E-state index contributed by atoms with van der Waals surface area (Å²) < 4.78 is 5.24. The fourth-order valence-corrected chi connectivity index (χ4v) is 2.61. The van der Waals surface area contributed by atoms with E-state index in [4.69, 9.17) is 10.9 Å². The third-order valence-electron chi connectivity index (χ3n) is 2.73. The zero-order valence-electron chi connectivity index (χ0n) is 12.2. The zero-order valence-corrected chi connectivity index (χ0v) is 13.0. The van der Waals surface area contributed by atoms with E-state index in [0.29, 0.717) is 5.89 Å². The molecule has 0 bridgehead atoms. The van der Waals surface area contributed by atoms with E-state index in [1.807, 2.05) is 13.8 Å². The predicted molar refractivity (Wildman–Crippen MR) is 80.2 cm³/mol. The molecule has 6 heteroatoms. The van der Waals surface area contributed by atoms with Gasteiger partial charge in [-0.25, -0.2) is 0 Å². The molecular weight excluding hydrogens is 274 g/mol. The van der Waals surface area contributed by atoms with E-state index in [1.54, 1.807) is 0 Å². The second-order valence-corrected chi connectivity index (χ2v) is 6.18. The van der Waals surface area contributed by atoms with Gasteiger partial charge >= 0.3 is 0 Å². The van der Waals surface area contributed by atoms with Gasteiger partial charge in [0.2, 0.25) is 11.8 Å². The van der Waals surface area contributed by atoms with Crippen LogP contribution in [0.3, 0.4) is 0 Å². The smallest absolute Gasteiger partial charge is 0.239 e. The molecule has 0 saturated carbocycles. The molecule has 0 aliphatic rings. The Hall–Kier alpha value is -1.48. The highest BCUT2D eigenvalue weighted by atomic mass is 32.2. The molecule has 1 N–H and O–H groups in total. The van der Waals surface area contributed by atoms with Crippen molar-refractivity contribution in [3.05, 3.63) is 11.7 Å². The van der Waals surface area contributed by atoms with Gasteiger partial charge in [-0.15, -0.1) is 18.2 Å². The summed E-state index contributed by atoms with van der Waals surface area (Å²) in [6, 6.07) is 0. The first-order chi connectivity index (χ1) is 9.58. The Balaban J connectivity index is 2.49. The van der Waals surface area contributed by atoms with Crippen LogP contribution in [0.15, 0.2) is 4.52 Å². The van der Waals surface area contributed by atoms with Crippen molar-refractivity contribution < 1.29 is 9.32 Å². The van der Waals surface area contributed by atoms with Crippen molar-refractivity contribution in [1.29, 1.82) is 0 Å². The molecule has 2 atom stereocenters.